The zero-order chi connectivity index (χ0) is 17.3. The largest absolute Gasteiger partial charge is 0.480 e. The van der Waals surface area contributed by atoms with E-state index in [1.54, 1.807) is 0 Å². The second-order valence-electron chi connectivity index (χ2n) is 6.81. The molecule has 0 saturated heterocycles. The van der Waals surface area contributed by atoms with E-state index in [0.29, 0.717) is 5.56 Å². The first-order chi connectivity index (χ1) is 11.5. The maximum Gasteiger partial charge on any atom is 0.326 e. The topological polar surface area (TPSA) is 74.7 Å². The second-order valence-corrected chi connectivity index (χ2v) is 6.81. The quantitative estimate of drug-likeness (QED) is 0.780. The molecule has 0 aromatic heterocycles. The van der Waals surface area contributed by atoms with Crippen LogP contribution in [0.15, 0.2) is 18.2 Å². The predicted molar refractivity (Wildman–Crippen MR) is 89.0 cm³/mol. The van der Waals surface area contributed by atoms with Crippen LogP contribution in [0, 0.1) is 0 Å². The molecule has 1 saturated carbocycles. The van der Waals surface area contributed by atoms with Crippen LogP contribution in [0.5, 0.6) is 0 Å². The summed E-state index contributed by atoms with van der Waals surface area (Å²) >= 11 is 0. The summed E-state index contributed by atoms with van der Waals surface area (Å²) in [7, 11) is 0. The third-order valence-corrected chi connectivity index (χ3v) is 4.99. The number of rotatable bonds is 7. The zero-order valence-corrected chi connectivity index (χ0v) is 14.0. The lowest BCUT2D eigenvalue weighted by molar-refractivity contribution is -0.150. The first-order valence-electron chi connectivity index (χ1n) is 8.66. The molecule has 0 aliphatic heterocycles. The number of ketones is 1. The van der Waals surface area contributed by atoms with Gasteiger partial charge in [-0.25, -0.2) is 4.79 Å². The fourth-order valence-corrected chi connectivity index (χ4v) is 3.45. The molecule has 2 aliphatic carbocycles. The smallest absolute Gasteiger partial charge is 0.326 e. The number of Topliss-reactive ketones (excluding diaryl/α,β-unsaturated/α-hetero) is 1. The Hall–Kier alpha value is -2.17. The lowest BCUT2D eigenvalue weighted by Crippen LogP contribution is -2.44. The highest BCUT2D eigenvalue weighted by atomic mass is 16.4. The maximum atomic E-state index is 12.4. The summed E-state index contributed by atoms with van der Waals surface area (Å²) in [6.45, 7) is 1.53. The summed E-state index contributed by atoms with van der Waals surface area (Å²) in [5.74, 6) is -1.28. The highest BCUT2D eigenvalue weighted by molar-refractivity contribution is 5.98. The van der Waals surface area contributed by atoms with Crippen LogP contribution in [-0.4, -0.2) is 39.7 Å². The molecule has 1 unspecified atom stereocenters. The van der Waals surface area contributed by atoms with E-state index in [1.165, 1.54) is 23.0 Å². The zero-order valence-electron chi connectivity index (χ0n) is 14.0. The molecule has 5 nitrogen and oxygen atoms in total. The Labute approximate surface area is 141 Å². The van der Waals surface area contributed by atoms with Crippen molar-refractivity contribution >= 4 is 17.7 Å². The molecule has 0 radical (unpaired) electrons. The van der Waals surface area contributed by atoms with E-state index in [4.69, 9.17) is 5.11 Å². The van der Waals surface area contributed by atoms with Crippen LogP contribution in [0.4, 0.5) is 0 Å². The number of hydrogen-bond acceptors (Lipinski definition) is 3. The van der Waals surface area contributed by atoms with Crippen LogP contribution in [-0.2, 0) is 22.4 Å². The highest BCUT2D eigenvalue weighted by Gasteiger charge is 2.38. The predicted octanol–water partition coefficient (Wildman–Crippen LogP) is 2.60. The minimum absolute atomic E-state index is 0.0266. The summed E-state index contributed by atoms with van der Waals surface area (Å²) in [6, 6.07) is 5.00. The SMILES string of the molecule is CC(C(=O)O)N(C(=O)CCC(=O)c1ccc2c(c1)CCC2)C1CC1. The monoisotopic (exact) mass is 329 g/mol. The van der Waals surface area contributed by atoms with Gasteiger partial charge in [0.15, 0.2) is 5.78 Å². The summed E-state index contributed by atoms with van der Waals surface area (Å²) < 4.78 is 0. The van der Waals surface area contributed by atoms with Gasteiger partial charge in [-0.15, -0.1) is 0 Å². The van der Waals surface area contributed by atoms with E-state index in [-0.39, 0.29) is 30.6 Å². The van der Waals surface area contributed by atoms with Gasteiger partial charge in [0.1, 0.15) is 6.04 Å². The molecule has 2 aliphatic rings. The number of fused-ring (bicyclic) bond motifs is 1. The molecule has 24 heavy (non-hydrogen) atoms. The standard InChI is InChI=1S/C19H23NO4/c1-12(19(23)24)20(16-7-8-16)18(22)10-9-17(21)15-6-5-13-3-2-4-14(13)11-15/h5-6,11-12,16H,2-4,7-10H2,1H3,(H,23,24). The van der Waals surface area contributed by atoms with Crippen molar-refractivity contribution in [2.75, 3.05) is 0 Å². The maximum absolute atomic E-state index is 12.4. The lowest BCUT2D eigenvalue weighted by atomic mass is 10.0. The van der Waals surface area contributed by atoms with E-state index in [0.717, 1.165) is 32.1 Å². The molecule has 1 atom stereocenters. The van der Waals surface area contributed by atoms with Crippen molar-refractivity contribution in [3.63, 3.8) is 0 Å². The molecule has 1 aromatic carbocycles. The van der Waals surface area contributed by atoms with Crippen molar-refractivity contribution in [3.8, 4) is 0 Å². The normalized spacial score (nSPS) is 17.2. The van der Waals surface area contributed by atoms with Crippen LogP contribution in [0.25, 0.3) is 0 Å². The molecule has 1 amide bonds. The van der Waals surface area contributed by atoms with Gasteiger partial charge < -0.3 is 10.0 Å². The highest BCUT2D eigenvalue weighted by Crippen LogP contribution is 2.30. The van der Waals surface area contributed by atoms with Gasteiger partial charge in [-0.2, -0.15) is 0 Å². The van der Waals surface area contributed by atoms with Crippen LogP contribution in [0.3, 0.4) is 0 Å². The Morgan fingerprint density at radius 2 is 1.88 bits per heavy atom. The van der Waals surface area contributed by atoms with Crippen molar-refractivity contribution in [1.29, 1.82) is 0 Å². The van der Waals surface area contributed by atoms with E-state index < -0.39 is 12.0 Å². The van der Waals surface area contributed by atoms with Gasteiger partial charge in [0.05, 0.1) is 0 Å². The Morgan fingerprint density at radius 1 is 1.17 bits per heavy atom. The number of amides is 1. The average molecular weight is 329 g/mol. The van der Waals surface area contributed by atoms with Gasteiger partial charge in [0.2, 0.25) is 5.91 Å². The van der Waals surface area contributed by atoms with Crippen LogP contribution >= 0.6 is 0 Å². The number of carboxylic acids is 1. The van der Waals surface area contributed by atoms with E-state index in [9.17, 15) is 14.4 Å². The number of aliphatic carboxylic acids is 1. The van der Waals surface area contributed by atoms with Crippen molar-refractivity contribution in [1.82, 2.24) is 4.90 Å². The van der Waals surface area contributed by atoms with Gasteiger partial charge in [-0.3, -0.25) is 9.59 Å². The number of hydrogen-bond donors (Lipinski definition) is 1. The molecular formula is C19H23NO4. The van der Waals surface area contributed by atoms with Gasteiger partial charge in [-0.05, 0) is 56.2 Å². The fraction of sp³-hybridized carbons (Fsp3) is 0.526. The minimum Gasteiger partial charge on any atom is -0.480 e. The molecule has 128 valence electrons. The Bertz CT molecular complexity index is 678. The van der Waals surface area contributed by atoms with Crippen molar-refractivity contribution in [3.05, 3.63) is 34.9 Å². The van der Waals surface area contributed by atoms with Gasteiger partial charge in [-0.1, -0.05) is 12.1 Å². The second kappa shape index (κ2) is 6.75. The van der Waals surface area contributed by atoms with Gasteiger partial charge in [0.25, 0.3) is 0 Å². The van der Waals surface area contributed by atoms with Crippen LogP contribution in [0.1, 0.15) is 60.5 Å². The summed E-state index contributed by atoms with van der Waals surface area (Å²) in [6.07, 6.45) is 5.13. The van der Waals surface area contributed by atoms with Gasteiger partial charge >= 0.3 is 5.97 Å². The molecule has 5 heteroatoms. The third kappa shape index (κ3) is 3.50. The summed E-state index contributed by atoms with van der Waals surface area (Å²) in [5, 5.41) is 9.16. The van der Waals surface area contributed by atoms with E-state index in [1.807, 2.05) is 18.2 Å². The molecule has 0 heterocycles. The molecule has 1 fully saturated rings. The Kier molecular flexibility index (Phi) is 4.69. The first kappa shape index (κ1) is 16.7. The summed E-state index contributed by atoms with van der Waals surface area (Å²) in [4.78, 5) is 37.4. The average Bonchev–Trinajstić information content (AvgIpc) is 3.27. The molecule has 1 N–H and O–H groups in total. The first-order valence-corrected chi connectivity index (χ1v) is 8.66. The van der Waals surface area contributed by atoms with Crippen LogP contribution in [0.2, 0.25) is 0 Å². The molecule has 1 aromatic rings. The van der Waals surface area contributed by atoms with Crippen molar-refractivity contribution in [2.45, 2.75) is 64.0 Å². The lowest BCUT2D eigenvalue weighted by Gasteiger charge is -2.26. The van der Waals surface area contributed by atoms with Crippen molar-refractivity contribution in [2.24, 2.45) is 0 Å². The number of carbonyl (C=O) groups excluding carboxylic acids is 2. The molecule has 3 rings (SSSR count). The minimum atomic E-state index is -1.000. The number of nitrogens with zero attached hydrogens (tertiary/aromatic N) is 1. The van der Waals surface area contributed by atoms with Crippen LogP contribution < -0.4 is 0 Å². The third-order valence-electron chi connectivity index (χ3n) is 4.99. The summed E-state index contributed by atoms with van der Waals surface area (Å²) in [5.41, 5.74) is 3.22. The molecule has 0 spiro atoms. The van der Waals surface area contributed by atoms with Gasteiger partial charge in [0, 0.05) is 24.4 Å². The fourth-order valence-electron chi connectivity index (χ4n) is 3.45. The number of benzene rings is 1. The molecular weight excluding hydrogens is 306 g/mol. The number of aryl methyl sites for hydroxylation is 2. The number of carbonyl (C=O) groups is 3. The number of carboxylic acid groups (broad SMARTS) is 1. The van der Waals surface area contributed by atoms with E-state index >= 15 is 0 Å². The molecule has 0 bridgehead atoms. The Morgan fingerprint density at radius 3 is 2.54 bits per heavy atom. The van der Waals surface area contributed by atoms with Crippen molar-refractivity contribution < 1.29 is 19.5 Å². The van der Waals surface area contributed by atoms with E-state index in [2.05, 4.69) is 0 Å². The Balaban J connectivity index is 1.60.